The Morgan fingerprint density at radius 1 is 1.04 bits per heavy atom. The zero-order valence-corrected chi connectivity index (χ0v) is 14.9. The molecule has 1 aliphatic rings. The summed E-state index contributed by atoms with van der Waals surface area (Å²) in [6.07, 6.45) is 4.56. The molecule has 7 heteroatoms. The number of hydrogen-bond acceptors (Lipinski definition) is 5. The molecular weight excluding hydrogens is 336 g/mol. The quantitative estimate of drug-likeness (QED) is 0.719. The van der Waals surface area contributed by atoms with E-state index in [1.165, 1.54) is 10.2 Å². The molecule has 0 unspecified atom stereocenters. The number of piperazine rings is 1. The fourth-order valence-electron chi connectivity index (χ4n) is 3.18. The van der Waals surface area contributed by atoms with E-state index in [0.29, 0.717) is 5.52 Å². The van der Waals surface area contributed by atoms with Crippen molar-refractivity contribution in [2.45, 2.75) is 4.90 Å². The van der Waals surface area contributed by atoms with Gasteiger partial charge in [0.25, 0.3) is 10.0 Å². The SMILES string of the molecule is CN1CCN(c2ccc3ccn(S(=O)(=O)c4cccnc4)c3c2)CC1. The van der Waals surface area contributed by atoms with E-state index < -0.39 is 10.0 Å². The minimum atomic E-state index is -3.65. The number of benzene rings is 1. The van der Waals surface area contributed by atoms with E-state index in [1.807, 2.05) is 18.2 Å². The van der Waals surface area contributed by atoms with Crippen molar-refractivity contribution in [3.63, 3.8) is 0 Å². The Balaban J connectivity index is 1.77. The van der Waals surface area contributed by atoms with Crippen LogP contribution in [-0.4, -0.2) is 55.5 Å². The van der Waals surface area contributed by atoms with Gasteiger partial charge in [-0.15, -0.1) is 0 Å². The molecule has 0 atom stereocenters. The van der Waals surface area contributed by atoms with Crippen molar-refractivity contribution < 1.29 is 8.42 Å². The Hall–Kier alpha value is -2.38. The second kappa shape index (κ2) is 6.16. The van der Waals surface area contributed by atoms with E-state index in [1.54, 1.807) is 24.5 Å². The summed E-state index contributed by atoms with van der Waals surface area (Å²) < 4.78 is 27.2. The van der Waals surface area contributed by atoms with E-state index in [2.05, 4.69) is 27.9 Å². The van der Waals surface area contributed by atoms with Gasteiger partial charge in [-0.2, -0.15) is 0 Å². The van der Waals surface area contributed by atoms with Crippen LogP contribution in [0.5, 0.6) is 0 Å². The topological polar surface area (TPSA) is 58.4 Å². The van der Waals surface area contributed by atoms with Gasteiger partial charge in [0.05, 0.1) is 5.52 Å². The number of hydrogen-bond donors (Lipinski definition) is 0. The van der Waals surface area contributed by atoms with E-state index in [4.69, 9.17) is 0 Å². The molecule has 1 aromatic carbocycles. The minimum Gasteiger partial charge on any atom is -0.369 e. The summed E-state index contributed by atoms with van der Waals surface area (Å²) in [6, 6.07) is 11.0. The number of fused-ring (bicyclic) bond motifs is 1. The molecule has 130 valence electrons. The summed E-state index contributed by atoms with van der Waals surface area (Å²) in [5.41, 5.74) is 1.75. The van der Waals surface area contributed by atoms with Gasteiger partial charge in [0.1, 0.15) is 4.90 Å². The van der Waals surface area contributed by atoms with Crippen LogP contribution < -0.4 is 4.90 Å². The molecule has 0 N–H and O–H groups in total. The van der Waals surface area contributed by atoms with Gasteiger partial charge in [0.2, 0.25) is 0 Å². The molecule has 1 aliphatic heterocycles. The number of likely N-dealkylation sites (N-methyl/N-ethyl adjacent to an activating group) is 1. The second-order valence-corrected chi connectivity index (χ2v) is 8.15. The summed E-state index contributed by atoms with van der Waals surface area (Å²) in [5, 5.41) is 0.908. The molecular formula is C18H20N4O2S. The molecule has 25 heavy (non-hydrogen) atoms. The molecule has 1 saturated heterocycles. The monoisotopic (exact) mass is 356 g/mol. The Morgan fingerprint density at radius 2 is 1.84 bits per heavy atom. The van der Waals surface area contributed by atoms with E-state index >= 15 is 0 Å². The molecule has 6 nitrogen and oxygen atoms in total. The standard InChI is InChI=1S/C18H20N4O2S/c1-20-9-11-21(12-10-20)16-5-4-15-6-8-22(18(15)13-16)25(23,24)17-3-2-7-19-14-17/h2-8,13-14H,9-12H2,1H3. The molecule has 0 bridgehead atoms. The molecule has 0 amide bonds. The van der Waals surface area contributed by atoms with Crippen LogP contribution in [-0.2, 0) is 10.0 Å². The maximum Gasteiger partial charge on any atom is 0.269 e. The average molecular weight is 356 g/mol. The first-order chi connectivity index (χ1) is 12.1. The number of anilines is 1. The summed E-state index contributed by atoms with van der Waals surface area (Å²) in [5.74, 6) is 0. The second-order valence-electron chi connectivity index (χ2n) is 6.34. The van der Waals surface area contributed by atoms with Crippen molar-refractivity contribution in [3.05, 3.63) is 55.0 Å². The minimum absolute atomic E-state index is 0.192. The van der Waals surface area contributed by atoms with Crippen LogP contribution in [0.25, 0.3) is 10.9 Å². The lowest BCUT2D eigenvalue weighted by atomic mass is 10.2. The fraction of sp³-hybridized carbons (Fsp3) is 0.278. The molecule has 0 spiro atoms. The molecule has 2 aromatic heterocycles. The normalized spacial score (nSPS) is 16.4. The Kier molecular flexibility index (Phi) is 3.97. The highest BCUT2D eigenvalue weighted by Gasteiger charge is 2.20. The van der Waals surface area contributed by atoms with Crippen LogP contribution in [0, 0.1) is 0 Å². The highest BCUT2D eigenvalue weighted by molar-refractivity contribution is 7.90. The molecule has 0 saturated carbocycles. The first-order valence-corrected chi connectivity index (χ1v) is 9.70. The number of aromatic nitrogens is 2. The van der Waals surface area contributed by atoms with Gasteiger partial charge >= 0.3 is 0 Å². The van der Waals surface area contributed by atoms with Gasteiger partial charge in [-0.05, 0) is 37.4 Å². The van der Waals surface area contributed by atoms with E-state index in [9.17, 15) is 8.42 Å². The lowest BCUT2D eigenvalue weighted by Crippen LogP contribution is -2.44. The van der Waals surface area contributed by atoms with Gasteiger partial charge in [-0.3, -0.25) is 4.98 Å². The first kappa shape index (κ1) is 16.1. The lowest BCUT2D eigenvalue weighted by Gasteiger charge is -2.34. The Labute approximate surface area is 147 Å². The van der Waals surface area contributed by atoms with Crippen molar-refractivity contribution in [2.75, 3.05) is 38.1 Å². The van der Waals surface area contributed by atoms with Crippen molar-refractivity contribution in [2.24, 2.45) is 0 Å². The van der Waals surface area contributed by atoms with Crippen molar-refractivity contribution in [1.82, 2.24) is 13.9 Å². The Morgan fingerprint density at radius 3 is 2.56 bits per heavy atom. The third-order valence-corrected chi connectivity index (χ3v) is 6.37. The highest BCUT2D eigenvalue weighted by Crippen LogP contribution is 2.27. The average Bonchev–Trinajstić information content (AvgIpc) is 3.07. The fourth-order valence-corrected chi connectivity index (χ4v) is 4.49. The molecule has 1 fully saturated rings. The zero-order valence-electron chi connectivity index (χ0n) is 14.0. The summed E-state index contributed by atoms with van der Waals surface area (Å²) in [6.45, 7) is 3.90. The molecule has 3 heterocycles. The number of nitrogens with zero attached hydrogens (tertiary/aromatic N) is 4. The van der Waals surface area contributed by atoms with Crippen LogP contribution in [0.2, 0.25) is 0 Å². The van der Waals surface area contributed by atoms with Crippen LogP contribution >= 0.6 is 0 Å². The maximum atomic E-state index is 12.9. The van der Waals surface area contributed by atoms with Gasteiger partial charge in [0.15, 0.2) is 0 Å². The maximum absolute atomic E-state index is 12.9. The summed E-state index contributed by atoms with van der Waals surface area (Å²) in [7, 11) is -1.53. The van der Waals surface area contributed by atoms with Crippen LogP contribution in [0.3, 0.4) is 0 Å². The summed E-state index contributed by atoms with van der Waals surface area (Å²) >= 11 is 0. The zero-order chi connectivity index (χ0) is 17.4. The van der Waals surface area contributed by atoms with Crippen molar-refractivity contribution in [1.29, 1.82) is 0 Å². The van der Waals surface area contributed by atoms with Crippen LogP contribution in [0.1, 0.15) is 0 Å². The molecule has 4 rings (SSSR count). The predicted molar refractivity (Wildman–Crippen MR) is 98.5 cm³/mol. The van der Waals surface area contributed by atoms with Crippen molar-refractivity contribution in [3.8, 4) is 0 Å². The highest BCUT2D eigenvalue weighted by atomic mass is 32.2. The van der Waals surface area contributed by atoms with Gasteiger partial charge in [-0.1, -0.05) is 6.07 Å². The van der Waals surface area contributed by atoms with Crippen LogP contribution in [0.15, 0.2) is 59.9 Å². The van der Waals surface area contributed by atoms with Crippen LogP contribution in [0.4, 0.5) is 5.69 Å². The first-order valence-electron chi connectivity index (χ1n) is 8.26. The van der Waals surface area contributed by atoms with Gasteiger partial charge in [0, 0.05) is 55.8 Å². The number of pyridine rings is 1. The van der Waals surface area contributed by atoms with E-state index in [-0.39, 0.29) is 4.90 Å². The molecule has 3 aromatic rings. The largest absolute Gasteiger partial charge is 0.369 e. The summed E-state index contributed by atoms with van der Waals surface area (Å²) in [4.78, 5) is 8.72. The smallest absolute Gasteiger partial charge is 0.269 e. The predicted octanol–water partition coefficient (Wildman–Crippen LogP) is 2.03. The molecule has 0 radical (unpaired) electrons. The van der Waals surface area contributed by atoms with Gasteiger partial charge in [-0.25, -0.2) is 12.4 Å². The van der Waals surface area contributed by atoms with Crippen molar-refractivity contribution >= 4 is 26.6 Å². The third-order valence-electron chi connectivity index (χ3n) is 4.70. The molecule has 0 aliphatic carbocycles. The van der Waals surface area contributed by atoms with Gasteiger partial charge < -0.3 is 9.80 Å². The number of rotatable bonds is 3. The Bertz CT molecular complexity index is 990. The van der Waals surface area contributed by atoms with E-state index in [0.717, 1.165) is 37.3 Å². The third kappa shape index (κ3) is 2.89. The lowest BCUT2D eigenvalue weighted by molar-refractivity contribution is 0.313.